The molecular formula is C31H34O7. The van der Waals surface area contributed by atoms with Crippen molar-refractivity contribution in [3.63, 3.8) is 0 Å². The lowest BCUT2D eigenvalue weighted by Crippen LogP contribution is -2.15. The Morgan fingerprint density at radius 2 is 1.05 bits per heavy atom. The molecule has 4 aromatic carbocycles. The minimum atomic E-state index is -0.154. The lowest BCUT2D eigenvalue weighted by molar-refractivity contribution is -0.00708. The summed E-state index contributed by atoms with van der Waals surface area (Å²) < 4.78 is 35.3. The van der Waals surface area contributed by atoms with Crippen molar-refractivity contribution in [3.8, 4) is 22.6 Å². The van der Waals surface area contributed by atoms with E-state index >= 15 is 0 Å². The van der Waals surface area contributed by atoms with Gasteiger partial charge >= 0.3 is 0 Å². The minimum Gasteiger partial charge on any atom is -0.491 e. The predicted octanol–water partition coefficient (Wildman–Crippen LogP) is 4.99. The molecule has 4 aromatic rings. The van der Waals surface area contributed by atoms with E-state index < -0.39 is 0 Å². The summed E-state index contributed by atoms with van der Waals surface area (Å²) in [6.07, 6.45) is 0. The van der Waals surface area contributed by atoms with E-state index in [1.165, 1.54) is 0 Å². The van der Waals surface area contributed by atoms with Crippen LogP contribution >= 0.6 is 0 Å². The monoisotopic (exact) mass is 518 g/mol. The standard InChI is InChI=1S/C31H34O7/c32-22-25-21-24-6-2-4-8-27(24)30-29-26-7-3-1-5-23(26)9-10-28(29)37-19-17-35-15-13-33-11-12-34-14-16-36-18-20-38-31(25)30/h1-10,21,32H,11-20,22H2. The van der Waals surface area contributed by atoms with Gasteiger partial charge in [-0.15, -0.1) is 0 Å². The topological polar surface area (TPSA) is 75.6 Å². The van der Waals surface area contributed by atoms with Gasteiger partial charge in [-0.05, 0) is 33.7 Å². The zero-order valence-electron chi connectivity index (χ0n) is 21.5. The van der Waals surface area contributed by atoms with E-state index in [2.05, 4.69) is 30.3 Å². The first kappa shape index (κ1) is 26.4. The summed E-state index contributed by atoms with van der Waals surface area (Å²) in [5.74, 6) is 1.37. The van der Waals surface area contributed by atoms with E-state index in [1.807, 2.05) is 36.4 Å². The largest absolute Gasteiger partial charge is 0.491 e. The third-order valence-corrected chi connectivity index (χ3v) is 6.47. The zero-order valence-corrected chi connectivity index (χ0v) is 21.5. The first-order valence-corrected chi connectivity index (χ1v) is 13.1. The van der Waals surface area contributed by atoms with E-state index in [4.69, 9.17) is 28.4 Å². The molecule has 1 N–H and O–H groups in total. The number of aliphatic hydroxyl groups is 1. The quantitative estimate of drug-likeness (QED) is 0.381. The number of hydrogen-bond donors (Lipinski definition) is 1. The Labute approximate surface area is 222 Å². The Kier molecular flexibility index (Phi) is 9.42. The molecule has 0 saturated carbocycles. The SMILES string of the molecule is OCc1cc2ccccc2c2c1OCCOCCOCCOCCOCCOc1ccc3ccccc3c1-2. The summed E-state index contributed by atoms with van der Waals surface area (Å²) in [6.45, 7) is 4.35. The highest BCUT2D eigenvalue weighted by molar-refractivity contribution is 6.10. The van der Waals surface area contributed by atoms with Crippen LogP contribution in [0.15, 0.2) is 66.7 Å². The summed E-state index contributed by atoms with van der Waals surface area (Å²) >= 11 is 0. The molecule has 0 spiro atoms. The van der Waals surface area contributed by atoms with Crippen LogP contribution in [0.4, 0.5) is 0 Å². The molecule has 0 unspecified atom stereocenters. The highest BCUT2D eigenvalue weighted by Gasteiger charge is 2.22. The third-order valence-electron chi connectivity index (χ3n) is 6.47. The number of ether oxygens (including phenoxy) is 6. The van der Waals surface area contributed by atoms with Crippen LogP contribution in [0.1, 0.15) is 5.56 Å². The maximum atomic E-state index is 10.4. The van der Waals surface area contributed by atoms with E-state index in [0.29, 0.717) is 77.4 Å². The predicted molar refractivity (Wildman–Crippen MR) is 147 cm³/mol. The van der Waals surface area contributed by atoms with Crippen molar-refractivity contribution in [2.75, 3.05) is 66.1 Å². The molecule has 0 saturated heterocycles. The highest BCUT2D eigenvalue weighted by Crippen LogP contribution is 2.47. The lowest BCUT2D eigenvalue weighted by atomic mass is 9.90. The van der Waals surface area contributed by atoms with E-state index in [9.17, 15) is 5.11 Å². The van der Waals surface area contributed by atoms with Crippen molar-refractivity contribution in [3.05, 3.63) is 72.3 Å². The van der Waals surface area contributed by atoms with Gasteiger partial charge in [0.15, 0.2) is 0 Å². The number of hydrogen-bond acceptors (Lipinski definition) is 7. The van der Waals surface area contributed by atoms with Gasteiger partial charge in [0, 0.05) is 16.7 Å². The fourth-order valence-corrected chi connectivity index (χ4v) is 4.72. The molecule has 1 heterocycles. The molecule has 0 aromatic heterocycles. The van der Waals surface area contributed by atoms with Crippen molar-refractivity contribution < 1.29 is 33.5 Å². The van der Waals surface area contributed by atoms with Gasteiger partial charge in [0.25, 0.3) is 0 Å². The van der Waals surface area contributed by atoms with Crippen LogP contribution in [0.2, 0.25) is 0 Å². The molecule has 1 aliphatic rings. The van der Waals surface area contributed by atoms with Gasteiger partial charge in [0.05, 0.1) is 59.5 Å². The Balaban J connectivity index is 1.61. The summed E-state index contributed by atoms with van der Waals surface area (Å²) in [5, 5.41) is 14.5. The zero-order chi connectivity index (χ0) is 26.0. The lowest BCUT2D eigenvalue weighted by Gasteiger charge is -2.22. The Hall–Kier alpha value is -3.20. The summed E-state index contributed by atoms with van der Waals surface area (Å²) in [5.41, 5.74) is 2.54. The highest BCUT2D eigenvalue weighted by atomic mass is 16.6. The van der Waals surface area contributed by atoms with Crippen molar-refractivity contribution >= 4 is 21.5 Å². The summed E-state index contributed by atoms with van der Waals surface area (Å²) in [6, 6.07) is 22.4. The van der Waals surface area contributed by atoms with Gasteiger partial charge in [-0.3, -0.25) is 0 Å². The Morgan fingerprint density at radius 1 is 0.526 bits per heavy atom. The number of fused-ring (bicyclic) bond motifs is 7. The van der Waals surface area contributed by atoms with Gasteiger partial charge < -0.3 is 33.5 Å². The van der Waals surface area contributed by atoms with Crippen LogP contribution in [0.3, 0.4) is 0 Å². The molecule has 7 nitrogen and oxygen atoms in total. The van der Waals surface area contributed by atoms with Crippen molar-refractivity contribution in [1.29, 1.82) is 0 Å². The summed E-state index contributed by atoms with van der Waals surface area (Å²) in [7, 11) is 0. The van der Waals surface area contributed by atoms with Gasteiger partial charge in [-0.25, -0.2) is 0 Å². The molecule has 200 valence electrons. The molecule has 7 heteroatoms. The molecule has 0 aliphatic carbocycles. The molecule has 0 amide bonds. The fraction of sp³-hybridized carbons (Fsp3) is 0.355. The normalized spacial score (nSPS) is 16.7. The maximum Gasteiger partial charge on any atom is 0.133 e. The van der Waals surface area contributed by atoms with Crippen molar-refractivity contribution in [2.45, 2.75) is 6.61 Å². The van der Waals surface area contributed by atoms with Crippen molar-refractivity contribution in [1.82, 2.24) is 0 Å². The molecule has 1 aliphatic heterocycles. The Morgan fingerprint density at radius 3 is 1.68 bits per heavy atom. The van der Waals surface area contributed by atoms with Crippen LogP contribution in [0.25, 0.3) is 32.7 Å². The van der Waals surface area contributed by atoms with Gasteiger partial charge in [0.2, 0.25) is 0 Å². The molecule has 0 bridgehead atoms. The molecule has 0 radical (unpaired) electrons. The molecule has 0 atom stereocenters. The number of benzene rings is 4. The first-order chi connectivity index (χ1) is 18.9. The maximum absolute atomic E-state index is 10.4. The van der Waals surface area contributed by atoms with Gasteiger partial charge in [-0.1, -0.05) is 54.6 Å². The van der Waals surface area contributed by atoms with Crippen LogP contribution in [0, 0.1) is 0 Å². The van der Waals surface area contributed by atoms with Crippen LogP contribution < -0.4 is 9.47 Å². The molecule has 5 rings (SSSR count). The first-order valence-electron chi connectivity index (χ1n) is 13.1. The second-order valence-corrected chi connectivity index (χ2v) is 8.93. The molecule has 38 heavy (non-hydrogen) atoms. The second-order valence-electron chi connectivity index (χ2n) is 8.93. The van der Waals surface area contributed by atoms with Gasteiger partial charge in [-0.2, -0.15) is 0 Å². The van der Waals surface area contributed by atoms with Crippen LogP contribution in [-0.2, 0) is 25.6 Å². The minimum absolute atomic E-state index is 0.154. The van der Waals surface area contributed by atoms with Crippen LogP contribution in [-0.4, -0.2) is 71.2 Å². The number of aliphatic hydroxyl groups excluding tert-OH is 1. The van der Waals surface area contributed by atoms with Gasteiger partial charge in [0.1, 0.15) is 24.7 Å². The van der Waals surface area contributed by atoms with Crippen LogP contribution in [0.5, 0.6) is 11.5 Å². The second kappa shape index (κ2) is 13.6. The fourth-order valence-electron chi connectivity index (χ4n) is 4.72. The average Bonchev–Trinajstić information content (AvgIpc) is 2.95. The summed E-state index contributed by atoms with van der Waals surface area (Å²) in [4.78, 5) is 0. The molecule has 0 fully saturated rings. The van der Waals surface area contributed by atoms with E-state index in [1.54, 1.807) is 0 Å². The van der Waals surface area contributed by atoms with E-state index in [0.717, 1.165) is 38.4 Å². The smallest absolute Gasteiger partial charge is 0.133 e. The van der Waals surface area contributed by atoms with Crippen molar-refractivity contribution in [2.24, 2.45) is 0 Å². The number of rotatable bonds is 1. The third kappa shape index (κ3) is 6.26. The molecular weight excluding hydrogens is 484 g/mol. The average molecular weight is 519 g/mol. The Bertz CT molecular complexity index is 1340. The van der Waals surface area contributed by atoms with E-state index in [-0.39, 0.29) is 6.61 Å².